The number of aromatic nitrogens is 2. The van der Waals surface area contributed by atoms with E-state index < -0.39 is 10.0 Å². The van der Waals surface area contributed by atoms with Crippen LogP contribution in [-0.2, 0) is 28.4 Å². The Balaban J connectivity index is 1.29. The fourth-order valence-electron chi connectivity index (χ4n) is 5.35. The molecule has 4 atom stereocenters. The van der Waals surface area contributed by atoms with Gasteiger partial charge >= 0.3 is 0 Å². The number of hydrogen-bond donors (Lipinski definition) is 1. The molecule has 0 amide bonds. The lowest BCUT2D eigenvalue weighted by Crippen LogP contribution is -2.41. The van der Waals surface area contributed by atoms with Gasteiger partial charge < -0.3 is 4.74 Å². The molecule has 5 rings (SSSR count). The normalized spacial score (nSPS) is 32.1. The first-order valence-corrected chi connectivity index (χ1v) is 11.4. The minimum Gasteiger partial charge on any atom is -0.370 e. The van der Waals surface area contributed by atoms with Crippen molar-refractivity contribution in [3.05, 3.63) is 48.3 Å². The Bertz CT molecular complexity index is 961. The van der Waals surface area contributed by atoms with Crippen LogP contribution in [0.25, 0.3) is 0 Å². The van der Waals surface area contributed by atoms with Gasteiger partial charge in [0.15, 0.2) is 0 Å². The number of nitrogens with one attached hydrogen (secondary N) is 1. The summed E-state index contributed by atoms with van der Waals surface area (Å²) in [6, 6.07) is 10.6. The first kappa shape index (κ1) is 18.3. The van der Waals surface area contributed by atoms with Crippen LogP contribution in [-0.4, -0.2) is 54.4 Å². The zero-order chi connectivity index (χ0) is 19.4. The molecule has 1 spiro atoms. The molecule has 3 saturated heterocycles. The van der Waals surface area contributed by atoms with Crippen molar-refractivity contribution in [2.24, 2.45) is 18.9 Å². The van der Waals surface area contributed by atoms with E-state index in [1.54, 1.807) is 24.3 Å². The van der Waals surface area contributed by atoms with Crippen LogP contribution >= 0.6 is 0 Å². The lowest BCUT2D eigenvalue weighted by atomic mass is 9.74. The van der Waals surface area contributed by atoms with Crippen LogP contribution in [0.15, 0.2) is 47.5 Å². The van der Waals surface area contributed by atoms with E-state index in [1.165, 1.54) is 5.69 Å². The summed E-state index contributed by atoms with van der Waals surface area (Å²) in [5.41, 5.74) is 1.08. The number of ether oxygens (including phenoxy) is 1. The van der Waals surface area contributed by atoms with Crippen LogP contribution in [0.3, 0.4) is 0 Å². The third-order valence-corrected chi connectivity index (χ3v) is 8.16. The van der Waals surface area contributed by atoms with Gasteiger partial charge in [0, 0.05) is 51.3 Å². The lowest BCUT2D eigenvalue weighted by molar-refractivity contribution is 0.00203. The molecule has 0 aliphatic carbocycles. The minimum absolute atomic E-state index is 0.105. The third kappa shape index (κ3) is 2.99. The molecule has 8 heteroatoms. The second-order valence-electron chi connectivity index (χ2n) is 8.31. The second-order valence-corrected chi connectivity index (χ2v) is 10.1. The monoisotopic (exact) mass is 402 g/mol. The van der Waals surface area contributed by atoms with Crippen molar-refractivity contribution in [3.8, 4) is 0 Å². The van der Waals surface area contributed by atoms with Gasteiger partial charge in [-0.25, -0.2) is 13.1 Å². The van der Waals surface area contributed by atoms with Gasteiger partial charge in [0.05, 0.1) is 22.3 Å². The molecule has 3 aliphatic rings. The molecule has 4 heterocycles. The van der Waals surface area contributed by atoms with Gasteiger partial charge in [0.25, 0.3) is 0 Å². The zero-order valence-corrected chi connectivity index (χ0v) is 16.8. The molecule has 3 fully saturated rings. The highest BCUT2D eigenvalue weighted by Gasteiger charge is 2.62. The molecular weight excluding hydrogens is 376 g/mol. The van der Waals surface area contributed by atoms with E-state index in [0.29, 0.717) is 17.4 Å². The molecule has 7 nitrogen and oxygen atoms in total. The first-order chi connectivity index (χ1) is 13.5. The maximum atomic E-state index is 12.6. The quantitative estimate of drug-likeness (QED) is 0.790. The number of likely N-dealkylation sites (tertiary alicyclic amines) is 1. The van der Waals surface area contributed by atoms with Gasteiger partial charge in [-0.2, -0.15) is 5.10 Å². The van der Waals surface area contributed by atoms with Crippen molar-refractivity contribution in [1.29, 1.82) is 0 Å². The van der Waals surface area contributed by atoms with Crippen molar-refractivity contribution in [2.75, 3.05) is 19.6 Å². The van der Waals surface area contributed by atoms with Gasteiger partial charge in [-0.1, -0.05) is 18.2 Å². The highest BCUT2D eigenvalue weighted by molar-refractivity contribution is 7.89. The third-order valence-electron chi connectivity index (χ3n) is 6.72. The summed E-state index contributed by atoms with van der Waals surface area (Å²) in [5, 5.41) is 4.26. The molecule has 150 valence electrons. The predicted octanol–water partition coefficient (Wildman–Crippen LogP) is 1.38. The molecule has 3 aliphatic heterocycles. The van der Waals surface area contributed by atoms with E-state index in [-0.39, 0.29) is 17.6 Å². The Morgan fingerprint density at radius 2 is 2.11 bits per heavy atom. The number of benzene rings is 1. The van der Waals surface area contributed by atoms with Crippen LogP contribution in [0.2, 0.25) is 0 Å². The molecule has 28 heavy (non-hydrogen) atoms. The predicted molar refractivity (Wildman–Crippen MR) is 104 cm³/mol. The average Bonchev–Trinajstić information content (AvgIpc) is 3.42. The number of hydrogen-bond acceptors (Lipinski definition) is 5. The summed E-state index contributed by atoms with van der Waals surface area (Å²) in [4.78, 5) is 2.75. The summed E-state index contributed by atoms with van der Waals surface area (Å²) >= 11 is 0. The molecular formula is C20H26N4O3S. The average molecular weight is 403 g/mol. The molecule has 1 N–H and O–H groups in total. The molecule has 0 saturated carbocycles. The van der Waals surface area contributed by atoms with E-state index in [2.05, 4.69) is 20.8 Å². The Kier molecular flexibility index (Phi) is 4.35. The van der Waals surface area contributed by atoms with Gasteiger partial charge in [-0.05, 0) is 31.0 Å². The van der Waals surface area contributed by atoms with E-state index in [0.717, 1.165) is 32.5 Å². The lowest BCUT2D eigenvalue weighted by Gasteiger charge is -2.29. The summed E-state index contributed by atoms with van der Waals surface area (Å²) in [6.45, 7) is 3.15. The highest BCUT2D eigenvalue weighted by atomic mass is 32.2. The minimum atomic E-state index is -3.49. The summed E-state index contributed by atoms with van der Waals surface area (Å²) < 4.78 is 36.5. The SMILES string of the molecule is Cn1nccc1CN1C[C@@H]2[C@H](CNS(=O)(=O)c3ccccc3)[C@H]3CC[C@]2(C1)O3. The van der Waals surface area contributed by atoms with E-state index in [1.807, 2.05) is 24.0 Å². The largest absolute Gasteiger partial charge is 0.370 e. The van der Waals surface area contributed by atoms with Crippen LogP contribution in [0.4, 0.5) is 0 Å². The summed E-state index contributed by atoms with van der Waals surface area (Å²) in [6.07, 6.45) is 4.09. The van der Waals surface area contributed by atoms with Crippen molar-refractivity contribution >= 4 is 10.0 Å². The van der Waals surface area contributed by atoms with Gasteiger partial charge in [-0.3, -0.25) is 9.58 Å². The molecule has 1 aromatic heterocycles. The molecule has 2 aromatic rings. The Hall–Kier alpha value is -1.74. The maximum Gasteiger partial charge on any atom is 0.240 e. The van der Waals surface area contributed by atoms with Crippen LogP contribution in [0.5, 0.6) is 0 Å². The molecule has 1 aromatic carbocycles. The number of nitrogens with zero attached hydrogens (tertiary/aromatic N) is 3. The number of sulfonamides is 1. The Morgan fingerprint density at radius 1 is 1.29 bits per heavy atom. The van der Waals surface area contributed by atoms with E-state index >= 15 is 0 Å². The van der Waals surface area contributed by atoms with Crippen LogP contribution in [0.1, 0.15) is 18.5 Å². The number of rotatable bonds is 6. The molecule has 0 radical (unpaired) electrons. The van der Waals surface area contributed by atoms with E-state index in [4.69, 9.17) is 4.74 Å². The Morgan fingerprint density at radius 3 is 2.86 bits per heavy atom. The van der Waals surface area contributed by atoms with E-state index in [9.17, 15) is 8.42 Å². The summed E-state index contributed by atoms with van der Waals surface area (Å²) in [5.74, 6) is 0.599. The van der Waals surface area contributed by atoms with Crippen LogP contribution in [0, 0.1) is 11.8 Å². The number of fused-ring (bicyclic) bond motifs is 1. The van der Waals surface area contributed by atoms with Crippen molar-refractivity contribution < 1.29 is 13.2 Å². The molecule has 0 unspecified atom stereocenters. The summed E-state index contributed by atoms with van der Waals surface area (Å²) in [7, 11) is -1.52. The topological polar surface area (TPSA) is 76.5 Å². The number of aryl methyl sites for hydroxylation is 1. The highest BCUT2D eigenvalue weighted by Crippen LogP contribution is 2.54. The second kappa shape index (κ2) is 6.66. The van der Waals surface area contributed by atoms with Crippen molar-refractivity contribution in [1.82, 2.24) is 19.4 Å². The van der Waals surface area contributed by atoms with Gasteiger partial charge in [0.1, 0.15) is 0 Å². The fourth-order valence-corrected chi connectivity index (χ4v) is 6.45. The fraction of sp³-hybridized carbons (Fsp3) is 0.550. The van der Waals surface area contributed by atoms with Crippen LogP contribution < -0.4 is 4.72 Å². The first-order valence-electron chi connectivity index (χ1n) is 9.89. The maximum absolute atomic E-state index is 12.6. The van der Waals surface area contributed by atoms with Gasteiger partial charge in [-0.15, -0.1) is 0 Å². The van der Waals surface area contributed by atoms with Crippen molar-refractivity contribution in [3.63, 3.8) is 0 Å². The van der Waals surface area contributed by atoms with Gasteiger partial charge in [0.2, 0.25) is 10.0 Å². The zero-order valence-electron chi connectivity index (χ0n) is 16.0. The standard InChI is InChI=1S/C20H26N4O3S/c1-23-15(8-10-21-23)12-24-13-18-17(19-7-9-20(18,14-24)27-19)11-22-28(25,26)16-5-3-2-4-6-16/h2-6,8,10,17-19,22H,7,9,11-14H2,1H3/t17-,18+,19+,20+/m0/s1. The van der Waals surface area contributed by atoms with Crippen molar-refractivity contribution in [2.45, 2.75) is 36.0 Å². The smallest absolute Gasteiger partial charge is 0.240 e. The molecule has 2 bridgehead atoms. The Labute approximate surface area is 165 Å².